The van der Waals surface area contributed by atoms with E-state index < -0.39 is 10.0 Å². The molecule has 0 amide bonds. The minimum Gasteiger partial charge on any atom is -0.495 e. The molecule has 0 spiro atoms. The van der Waals surface area contributed by atoms with Crippen LogP contribution in [-0.2, 0) is 10.0 Å². The molecule has 112 valence electrons. The highest BCUT2D eigenvalue weighted by Gasteiger charge is 2.31. The number of ether oxygens (including phenoxy) is 1. The van der Waals surface area contributed by atoms with E-state index in [9.17, 15) is 8.42 Å². The first kappa shape index (κ1) is 15.9. The number of piperidine rings is 1. The Morgan fingerprint density at radius 1 is 1.30 bits per heavy atom. The minimum atomic E-state index is -3.61. The maximum absolute atomic E-state index is 12.6. The summed E-state index contributed by atoms with van der Waals surface area (Å²) in [4.78, 5) is 0.0408. The number of hydrogen-bond donors (Lipinski definition) is 0. The number of nitrogens with zero attached hydrogens (tertiary/aromatic N) is 1. The van der Waals surface area contributed by atoms with E-state index in [1.165, 1.54) is 23.5 Å². The van der Waals surface area contributed by atoms with Crippen molar-refractivity contribution < 1.29 is 13.2 Å². The van der Waals surface area contributed by atoms with Crippen LogP contribution in [-0.4, -0.2) is 32.9 Å². The fourth-order valence-electron chi connectivity index (χ4n) is 2.37. The second kappa shape index (κ2) is 6.10. The SMILES string of the molecule is COc1ccc(S(=O)(=O)N2CCC[C@H](C)C2)c(Cl)c1Cl. The highest BCUT2D eigenvalue weighted by Crippen LogP contribution is 2.38. The second-order valence-electron chi connectivity index (χ2n) is 5.00. The molecule has 0 unspecified atom stereocenters. The van der Waals surface area contributed by atoms with Crippen molar-refractivity contribution in [2.45, 2.75) is 24.7 Å². The maximum atomic E-state index is 12.6. The smallest absolute Gasteiger partial charge is 0.244 e. The van der Waals surface area contributed by atoms with Crippen LogP contribution >= 0.6 is 23.2 Å². The topological polar surface area (TPSA) is 46.6 Å². The molecule has 0 N–H and O–H groups in total. The van der Waals surface area contributed by atoms with Crippen LogP contribution in [0.3, 0.4) is 0 Å². The van der Waals surface area contributed by atoms with E-state index in [0.717, 1.165) is 12.8 Å². The first-order valence-electron chi connectivity index (χ1n) is 6.40. The van der Waals surface area contributed by atoms with Crippen molar-refractivity contribution in [2.24, 2.45) is 5.92 Å². The van der Waals surface area contributed by atoms with Gasteiger partial charge in [0.05, 0.1) is 12.1 Å². The lowest BCUT2D eigenvalue weighted by Gasteiger charge is -2.30. The van der Waals surface area contributed by atoms with Gasteiger partial charge in [0, 0.05) is 13.1 Å². The van der Waals surface area contributed by atoms with Crippen LogP contribution in [0.1, 0.15) is 19.8 Å². The fraction of sp³-hybridized carbons (Fsp3) is 0.538. The van der Waals surface area contributed by atoms with Gasteiger partial charge in [0.15, 0.2) is 0 Å². The lowest BCUT2D eigenvalue weighted by Crippen LogP contribution is -2.39. The zero-order valence-corrected chi connectivity index (χ0v) is 13.7. The van der Waals surface area contributed by atoms with Gasteiger partial charge in [-0.25, -0.2) is 8.42 Å². The van der Waals surface area contributed by atoms with E-state index in [1.807, 2.05) is 6.92 Å². The molecule has 0 aromatic heterocycles. The average molecular weight is 338 g/mol. The van der Waals surface area contributed by atoms with E-state index in [4.69, 9.17) is 27.9 Å². The standard InChI is InChI=1S/C13H17Cl2NO3S/c1-9-4-3-7-16(8-9)20(17,18)11-6-5-10(19-2)12(14)13(11)15/h5-6,9H,3-4,7-8H2,1-2H3/t9-/m0/s1. The molecular formula is C13H17Cl2NO3S. The lowest BCUT2D eigenvalue weighted by atomic mass is 10.0. The van der Waals surface area contributed by atoms with E-state index >= 15 is 0 Å². The molecule has 0 saturated carbocycles. The first-order chi connectivity index (χ1) is 9.37. The van der Waals surface area contributed by atoms with Crippen molar-refractivity contribution in [3.63, 3.8) is 0 Å². The van der Waals surface area contributed by atoms with Crippen LogP contribution in [0.5, 0.6) is 5.75 Å². The van der Waals surface area contributed by atoms with Gasteiger partial charge in [0.2, 0.25) is 10.0 Å². The summed E-state index contributed by atoms with van der Waals surface area (Å²) in [5.74, 6) is 0.716. The number of sulfonamides is 1. The molecule has 0 aliphatic carbocycles. The largest absolute Gasteiger partial charge is 0.495 e. The van der Waals surface area contributed by atoms with Crippen molar-refractivity contribution in [2.75, 3.05) is 20.2 Å². The Kier molecular flexibility index (Phi) is 4.84. The molecule has 1 fully saturated rings. The molecular weight excluding hydrogens is 321 g/mol. The molecule has 0 radical (unpaired) electrons. The summed E-state index contributed by atoms with van der Waals surface area (Å²) in [5.41, 5.74) is 0. The molecule has 1 aliphatic rings. The predicted octanol–water partition coefficient (Wildman–Crippen LogP) is 3.42. The molecule has 7 heteroatoms. The highest BCUT2D eigenvalue weighted by molar-refractivity contribution is 7.89. The van der Waals surface area contributed by atoms with Crippen molar-refractivity contribution in [3.8, 4) is 5.75 Å². The van der Waals surface area contributed by atoms with Crippen molar-refractivity contribution >= 4 is 33.2 Å². The van der Waals surface area contributed by atoms with Crippen molar-refractivity contribution in [1.29, 1.82) is 0 Å². The Bertz CT molecular complexity index is 604. The molecule has 2 rings (SSSR count). The number of halogens is 2. The third-order valence-electron chi connectivity index (χ3n) is 3.47. The predicted molar refractivity (Wildman–Crippen MR) is 80.2 cm³/mol. The van der Waals surface area contributed by atoms with Gasteiger partial charge < -0.3 is 4.74 Å². The number of rotatable bonds is 3. The van der Waals surface area contributed by atoms with Crippen LogP contribution in [0.25, 0.3) is 0 Å². The Labute approximate surface area is 129 Å². The monoisotopic (exact) mass is 337 g/mol. The average Bonchev–Trinajstić information content (AvgIpc) is 2.41. The second-order valence-corrected chi connectivity index (χ2v) is 7.67. The Hall–Kier alpha value is -0.490. The molecule has 20 heavy (non-hydrogen) atoms. The minimum absolute atomic E-state index is 0.0178. The van der Waals surface area contributed by atoms with E-state index in [0.29, 0.717) is 24.8 Å². The summed E-state index contributed by atoms with van der Waals surface area (Å²) in [5, 5.41) is 0.143. The summed E-state index contributed by atoms with van der Waals surface area (Å²) in [6.07, 6.45) is 1.91. The maximum Gasteiger partial charge on any atom is 0.244 e. The van der Waals surface area contributed by atoms with Gasteiger partial charge in [0.1, 0.15) is 15.7 Å². The molecule has 1 aliphatic heterocycles. The van der Waals surface area contributed by atoms with E-state index in [2.05, 4.69) is 0 Å². The van der Waals surface area contributed by atoms with Crippen molar-refractivity contribution in [1.82, 2.24) is 4.31 Å². The summed E-state index contributed by atoms with van der Waals surface area (Å²) in [7, 11) is -2.16. The van der Waals surface area contributed by atoms with Gasteiger partial charge in [-0.05, 0) is 30.9 Å². The summed E-state index contributed by atoms with van der Waals surface area (Å²) in [6.45, 7) is 3.08. The van der Waals surface area contributed by atoms with Gasteiger partial charge in [0.25, 0.3) is 0 Å². The summed E-state index contributed by atoms with van der Waals surface area (Å²) < 4.78 is 31.8. The van der Waals surface area contributed by atoms with Gasteiger partial charge >= 0.3 is 0 Å². The first-order valence-corrected chi connectivity index (χ1v) is 8.59. The van der Waals surface area contributed by atoms with Gasteiger partial charge in [-0.2, -0.15) is 4.31 Å². The quantitative estimate of drug-likeness (QED) is 0.848. The number of benzene rings is 1. The fourth-order valence-corrected chi connectivity index (χ4v) is 4.79. The normalized spacial score (nSPS) is 20.9. The van der Waals surface area contributed by atoms with Crippen LogP contribution in [0, 0.1) is 5.92 Å². The number of methoxy groups -OCH3 is 1. The van der Waals surface area contributed by atoms with Gasteiger partial charge in [-0.3, -0.25) is 0 Å². The summed E-state index contributed by atoms with van der Waals surface area (Å²) in [6, 6.07) is 2.97. The van der Waals surface area contributed by atoms with Crippen LogP contribution in [0.2, 0.25) is 10.0 Å². The summed E-state index contributed by atoms with van der Waals surface area (Å²) >= 11 is 12.1. The zero-order valence-electron chi connectivity index (χ0n) is 11.4. The molecule has 4 nitrogen and oxygen atoms in total. The molecule has 1 atom stereocenters. The molecule has 1 saturated heterocycles. The van der Waals surface area contributed by atoms with E-state index in [-0.39, 0.29) is 14.9 Å². The molecule has 1 aromatic carbocycles. The third kappa shape index (κ3) is 2.91. The zero-order chi connectivity index (χ0) is 14.9. The van der Waals surface area contributed by atoms with Crippen LogP contribution < -0.4 is 4.74 Å². The van der Waals surface area contributed by atoms with Crippen molar-refractivity contribution in [3.05, 3.63) is 22.2 Å². The number of hydrogen-bond acceptors (Lipinski definition) is 3. The van der Waals surface area contributed by atoms with Crippen LogP contribution in [0.4, 0.5) is 0 Å². The Morgan fingerprint density at radius 3 is 2.60 bits per heavy atom. The van der Waals surface area contributed by atoms with Gasteiger partial charge in [-0.1, -0.05) is 30.1 Å². The lowest BCUT2D eigenvalue weighted by molar-refractivity contribution is 0.281. The molecule has 0 bridgehead atoms. The van der Waals surface area contributed by atoms with E-state index in [1.54, 1.807) is 0 Å². The third-order valence-corrected chi connectivity index (χ3v) is 6.35. The highest BCUT2D eigenvalue weighted by atomic mass is 35.5. The molecule has 1 heterocycles. The van der Waals surface area contributed by atoms with Crippen LogP contribution in [0.15, 0.2) is 17.0 Å². The van der Waals surface area contributed by atoms with Gasteiger partial charge in [-0.15, -0.1) is 0 Å². The molecule has 1 aromatic rings. The Balaban J connectivity index is 2.42. The Morgan fingerprint density at radius 2 is 2.00 bits per heavy atom.